The molecule has 2 rings (SSSR count). The van der Waals surface area contributed by atoms with E-state index in [0.717, 1.165) is 11.1 Å². The fourth-order valence-corrected chi connectivity index (χ4v) is 2.02. The smallest absolute Gasteiger partial charge is 0.167 e. The Hall–Kier alpha value is -2.01. The van der Waals surface area contributed by atoms with E-state index in [1.807, 2.05) is 19.1 Å². The van der Waals surface area contributed by atoms with Crippen molar-refractivity contribution in [1.29, 1.82) is 0 Å². The van der Waals surface area contributed by atoms with Gasteiger partial charge >= 0.3 is 0 Å². The highest BCUT2D eigenvalue weighted by molar-refractivity contribution is 7.80. The van der Waals surface area contributed by atoms with Crippen molar-refractivity contribution in [2.24, 2.45) is 0 Å². The minimum absolute atomic E-state index is 0.103. The van der Waals surface area contributed by atoms with Crippen molar-refractivity contribution in [3.05, 3.63) is 65.7 Å². The van der Waals surface area contributed by atoms with Crippen molar-refractivity contribution >= 4 is 17.3 Å². The van der Waals surface area contributed by atoms with Gasteiger partial charge in [0.15, 0.2) is 5.11 Å². The van der Waals surface area contributed by atoms with Crippen molar-refractivity contribution in [2.45, 2.75) is 19.5 Å². The number of pyridine rings is 1. The van der Waals surface area contributed by atoms with Crippen LogP contribution in [0.4, 0.5) is 4.39 Å². The normalized spacial score (nSPS) is 11.7. The van der Waals surface area contributed by atoms with Crippen LogP contribution in [0.25, 0.3) is 0 Å². The Morgan fingerprint density at radius 1 is 1.20 bits per heavy atom. The minimum atomic E-state index is -0.235. The van der Waals surface area contributed by atoms with Gasteiger partial charge in [-0.3, -0.25) is 4.98 Å². The zero-order valence-electron chi connectivity index (χ0n) is 11.1. The first-order valence-corrected chi connectivity index (χ1v) is 6.74. The molecule has 0 unspecified atom stereocenters. The van der Waals surface area contributed by atoms with Crippen molar-refractivity contribution < 1.29 is 4.39 Å². The maximum atomic E-state index is 12.8. The van der Waals surface area contributed by atoms with Gasteiger partial charge in [-0.05, 0) is 54.5 Å². The van der Waals surface area contributed by atoms with Crippen LogP contribution in [0.1, 0.15) is 24.1 Å². The Bertz CT molecular complexity index is 557. The standard InChI is InChI=1S/C15H16FN3S/c1-11(13-6-8-17-9-7-13)19-15(20)18-10-12-2-4-14(16)5-3-12/h2-9,11H,10H2,1H3,(H2,18,19,20)/t11-/m1/s1. The molecule has 0 fully saturated rings. The molecule has 20 heavy (non-hydrogen) atoms. The van der Waals surface area contributed by atoms with Crippen LogP contribution in [0.5, 0.6) is 0 Å². The van der Waals surface area contributed by atoms with E-state index in [2.05, 4.69) is 15.6 Å². The van der Waals surface area contributed by atoms with Gasteiger partial charge in [0.25, 0.3) is 0 Å². The fourth-order valence-electron chi connectivity index (χ4n) is 1.77. The number of benzene rings is 1. The first-order valence-electron chi connectivity index (χ1n) is 6.34. The van der Waals surface area contributed by atoms with Gasteiger partial charge in [-0.25, -0.2) is 4.39 Å². The van der Waals surface area contributed by atoms with Crippen LogP contribution in [-0.2, 0) is 6.54 Å². The third-order valence-electron chi connectivity index (χ3n) is 2.92. The van der Waals surface area contributed by atoms with Crippen molar-refractivity contribution in [3.63, 3.8) is 0 Å². The second-order valence-corrected chi connectivity index (χ2v) is 4.86. The monoisotopic (exact) mass is 289 g/mol. The van der Waals surface area contributed by atoms with Gasteiger partial charge in [0.05, 0.1) is 6.04 Å². The van der Waals surface area contributed by atoms with Crippen molar-refractivity contribution in [2.75, 3.05) is 0 Å². The van der Waals surface area contributed by atoms with Gasteiger partial charge in [0.1, 0.15) is 5.82 Å². The second kappa shape index (κ2) is 6.96. The molecule has 0 aliphatic heterocycles. The molecule has 104 valence electrons. The lowest BCUT2D eigenvalue weighted by Gasteiger charge is -2.17. The fraction of sp³-hybridized carbons (Fsp3) is 0.200. The molecule has 0 spiro atoms. The largest absolute Gasteiger partial charge is 0.359 e. The average Bonchev–Trinajstić information content (AvgIpc) is 2.47. The van der Waals surface area contributed by atoms with Crippen molar-refractivity contribution in [3.8, 4) is 0 Å². The molecular formula is C15H16FN3S. The molecule has 3 nitrogen and oxygen atoms in total. The molecular weight excluding hydrogens is 273 g/mol. The summed E-state index contributed by atoms with van der Waals surface area (Å²) in [6.45, 7) is 2.59. The van der Waals surface area contributed by atoms with Crippen LogP contribution >= 0.6 is 12.2 Å². The Morgan fingerprint density at radius 2 is 1.85 bits per heavy atom. The van der Waals surface area contributed by atoms with Gasteiger partial charge in [-0.1, -0.05) is 12.1 Å². The highest BCUT2D eigenvalue weighted by atomic mass is 32.1. The second-order valence-electron chi connectivity index (χ2n) is 4.46. The first-order chi connectivity index (χ1) is 9.65. The summed E-state index contributed by atoms with van der Waals surface area (Å²) in [7, 11) is 0. The summed E-state index contributed by atoms with van der Waals surface area (Å²) in [5, 5.41) is 6.87. The first kappa shape index (κ1) is 14.4. The quantitative estimate of drug-likeness (QED) is 0.849. The van der Waals surface area contributed by atoms with Crippen LogP contribution in [0, 0.1) is 5.82 Å². The number of halogens is 1. The minimum Gasteiger partial charge on any atom is -0.359 e. The molecule has 1 heterocycles. The zero-order valence-corrected chi connectivity index (χ0v) is 12.0. The molecule has 0 aliphatic carbocycles. The van der Waals surface area contributed by atoms with Crippen LogP contribution in [-0.4, -0.2) is 10.1 Å². The van der Waals surface area contributed by atoms with Gasteiger partial charge in [0.2, 0.25) is 0 Å². The molecule has 0 aliphatic rings. The summed E-state index contributed by atoms with van der Waals surface area (Å²) < 4.78 is 12.8. The number of rotatable bonds is 4. The number of hydrogen-bond acceptors (Lipinski definition) is 2. The molecule has 0 bridgehead atoms. The maximum Gasteiger partial charge on any atom is 0.167 e. The molecule has 5 heteroatoms. The molecule has 0 radical (unpaired) electrons. The van der Waals surface area contributed by atoms with E-state index in [4.69, 9.17) is 12.2 Å². The Balaban J connectivity index is 1.82. The topological polar surface area (TPSA) is 37.0 Å². The van der Waals surface area contributed by atoms with Crippen molar-refractivity contribution in [1.82, 2.24) is 15.6 Å². The summed E-state index contributed by atoms with van der Waals surface area (Å²) in [6.07, 6.45) is 3.50. The number of hydrogen-bond donors (Lipinski definition) is 2. The molecule has 0 amide bonds. The summed E-state index contributed by atoms with van der Waals surface area (Å²) in [6, 6.07) is 10.3. The van der Waals surface area contributed by atoms with E-state index in [-0.39, 0.29) is 11.9 Å². The van der Waals surface area contributed by atoms with Gasteiger partial charge in [-0.15, -0.1) is 0 Å². The number of thiocarbonyl (C=S) groups is 1. The molecule has 1 aromatic heterocycles. The van der Waals surface area contributed by atoms with E-state index in [1.165, 1.54) is 12.1 Å². The summed E-state index contributed by atoms with van der Waals surface area (Å²) >= 11 is 5.24. The Labute approximate surface area is 123 Å². The van der Waals surface area contributed by atoms with E-state index < -0.39 is 0 Å². The SMILES string of the molecule is C[C@@H](NC(=S)NCc1ccc(F)cc1)c1ccncc1. The summed E-state index contributed by atoms with van der Waals surface area (Å²) in [5.41, 5.74) is 2.10. The predicted molar refractivity (Wildman–Crippen MR) is 81.6 cm³/mol. The average molecular weight is 289 g/mol. The summed E-state index contributed by atoms with van der Waals surface area (Å²) in [5.74, 6) is -0.235. The number of nitrogens with one attached hydrogen (secondary N) is 2. The van der Waals surface area contributed by atoms with Crippen LogP contribution in [0.3, 0.4) is 0 Å². The lowest BCUT2D eigenvalue weighted by atomic mass is 10.1. The highest BCUT2D eigenvalue weighted by Gasteiger charge is 2.06. The highest BCUT2D eigenvalue weighted by Crippen LogP contribution is 2.09. The third kappa shape index (κ3) is 4.28. The number of aromatic nitrogens is 1. The zero-order chi connectivity index (χ0) is 14.4. The predicted octanol–water partition coefficient (Wildman–Crippen LogP) is 2.95. The summed E-state index contributed by atoms with van der Waals surface area (Å²) in [4.78, 5) is 3.98. The van der Waals surface area contributed by atoms with E-state index in [0.29, 0.717) is 11.7 Å². The van der Waals surface area contributed by atoms with Gasteiger partial charge in [-0.2, -0.15) is 0 Å². The van der Waals surface area contributed by atoms with Gasteiger partial charge in [0, 0.05) is 18.9 Å². The lowest BCUT2D eigenvalue weighted by molar-refractivity contribution is 0.626. The van der Waals surface area contributed by atoms with E-state index in [9.17, 15) is 4.39 Å². The molecule has 2 aromatic rings. The van der Waals surface area contributed by atoms with Crippen LogP contribution in [0.2, 0.25) is 0 Å². The third-order valence-corrected chi connectivity index (χ3v) is 3.18. The van der Waals surface area contributed by atoms with E-state index in [1.54, 1.807) is 24.5 Å². The molecule has 0 saturated heterocycles. The molecule has 2 N–H and O–H groups in total. The Morgan fingerprint density at radius 3 is 2.50 bits per heavy atom. The van der Waals surface area contributed by atoms with Crippen LogP contribution in [0.15, 0.2) is 48.8 Å². The Kier molecular flexibility index (Phi) is 5.01. The number of nitrogens with zero attached hydrogens (tertiary/aromatic N) is 1. The van der Waals surface area contributed by atoms with Crippen LogP contribution < -0.4 is 10.6 Å². The molecule has 0 saturated carbocycles. The molecule has 1 atom stereocenters. The van der Waals surface area contributed by atoms with E-state index >= 15 is 0 Å². The van der Waals surface area contributed by atoms with Gasteiger partial charge < -0.3 is 10.6 Å². The maximum absolute atomic E-state index is 12.8. The lowest BCUT2D eigenvalue weighted by Crippen LogP contribution is -2.36. The molecule has 1 aromatic carbocycles.